The summed E-state index contributed by atoms with van der Waals surface area (Å²) in [7, 11) is 2.89. The quantitative estimate of drug-likeness (QED) is 0.533. The van der Waals surface area contributed by atoms with Crippen molar-refractivity contribution >= 4 is 28.2 Å². The summed E-state index contributed by atoms with van der Waals surface area (Å²) in [6.45, 7) is 5.43. The van der Waals surface area contributed by atoms with Gasteiger partial charge in [0.05, 0.1) is 12.7 Å². The second-order valence-corrected chi connectivity index (χ2v) is 6.95. The number of carbonyl (C=O) groups excluding carboxylic acids is 2. The standard InChI is InChI=1S/C16H23BrN2O4/c1-16(2,3)23-19(11-20)14(15(21)18(4)22-5)10-12-6-8-13(17)9-7-12/h6-9,11,14H,10H2,1-5H3. The molecule has 23 heavy (non-hydrogen) atoms. The summed E-state index contributed by atoms with van der Waals surface area (Å²) in [4.78, 5) is 34.6. The van der Waals surface area contributed by atoms with E-state index in [4.69, 9.17) is 9.68 Å². The van der Waals surface area contributed by atoms with Crippen molar-refractivity contribution in [2.75, 3.05) is 14.2 Å². The summed E-state index contributed by atoms with van der Waals surface area (Å²) in [6.07, 6.45) is 0.838. The minimum absolute atomic E-state index is 0.314. The zero-order chi connectivity index (χ0) is 17.6. The highest BCUT2D eigenvalue weighted by molar-refractivity contribution is 9.10. The van der Waals surface area contributed by atoms with Gasteiger partial charge in [0, 0.05) is 17.9 Å². The molecular weight excluding hydrogens is 364 g/mol. The smallest absolute Gasteiger partial charge is 0.271 e. The SMILES string of the molecule is CON(C)C(=O)C(Cc1ccc(Br)cc1)N(C=O)OC(C)(C)C. The summed E-state index contributed by atoms with van der Waals surface area (Å²) in [6, 6.07) is 6.71. The molecule has 0 bridgehead atoms. The molecule has 0 saturated carbocycles. The van der Waals surface area contributed by atoms with E-state index in [1.54, 1.807) is 0 Å². The Balaban J connectivity index is 3.06. The van der Waals surface area contributed by atoms with Gasteiger partial charge in [-0.1, -0.05) is 28.1 Å². The van der Waals surface area contributed by atoms with Crippen LogP contribution < -0.4 is 0 Å². The number of carbonyl (C=O) groups is 2. The van der Waals surface area contributed by atoms with Gasteiger partial charge in [-0.05, 0) is 38.5 Å². The van der Waals surface area contributed by atoms with Gasteiger partial charge in [-0.3, -0.25) is 19.3 Å². The lowest BCUT2D eigenvalue weighted by atomic mass is 10.1. The summed E-state index contributed by atoms with van der Waals surface area (Å²) >= 11 is 3.37. The average molecular weight is 387 g/mol. The fraction of sp³-hybridized carbons (Fsp3) is 0.500. The molecule has 0 saturated heterocycles. The van der Waals surface area contributed by atoms with Crippen LogP contribution in [0, 0.1) is 0 Å². The van der Waals surface area contributed by atoms with Crippen molar-refractivity contribution in [3.63, 3.8) is 0 Å². The van der Waals surface area contributed by atoms with Crippen LogP contribution in [0.4, 0.5) is 0 Å². The van der Waals surface area contributed by atoms with Crippen LogP contribution in [0.25, 0.3) is 0 Å². The van der Waals surface area contributed by atoms with E-state index in [1.807, 2.05) is 45.0 Å². The van der Waals surface area contributed by atoms with Gasteiger partial charge in [-0.2, -0.15) is 0 Å². The van der Waals surface area contributed by atoms with E-state index in [2.05, 4.69) is 15.9 Å². The number of hydroxylamine groups is 4. The van der Waals surface area contributed by atoms with E-state index < -0.39 is 11.6 Å². The van der Waals surface area contributed by atoms with Crippen molar-refractivity contribution in [2.24, 2.45) is 0 Å². The Morgan fingerprint density at radius 1 is 1.30 bits per heavy atom. The summed E-state index contributed by atoms with van der Waals surface area (Å²) in [5, 5.41) is 2.14. The molecule has 1 atom stereocenters. The molecule has 7 heteroatoms. The molecule has 0 aliphatic heterocycles. The number of benzene rings is 1. The van der Waals surface area contributed by atoms with Crippen LogP contribution >= 0.6 is 15.9 Å². The van der Waals surface area contributed by atoms with Gasteiger partial charge in [-0.25, -0.2) is 10.1 Å². The molecular formula is C16H23BrN2O4. The average Bonchev–Trinajstić information content (AvgIpc) is 2.50. The first-order chi connectivity index (χ1) is 10.7. The zero-order valence-corrected chi connectivity index (χ0v) is 15.7. The van der Waals surface area contributed by atoms with Gasteiger partial charge in [0.25, 0.3) is 5.91 Å². The van der Waals surface area contributed by atoms with Crippen LogP contribution in [0.1, 0.15) is 26.3 Å². The van der Waals surface area contributed by atoms with Gasteiger partial charge >= 0.3 is 0 Å². The molecule has 0 fully saturated rings. The Labute approximate surface area is 145 Å². The van der Waals surface area contributed by atoms with Crippen molar-refractivity contribution in [3.8, 4) is 0 Å². The molecule has 1 aromatic rings. The predicted octanol–water partition coefficient (Wildman–Crippen LogP) is 2.57. The maximum Gasteiger partial charge on any atom is 0.271 e. The van der Waals surface area contributed by atoms with Crippen LogP contribution in [0.15, 0.2) is 28.7 Å². The lowest BCUT2D eigenvalue weighted by Gasteiger charge is -2.33. The van der Waals surface area contributed by atoms with Crippen LogP contribution in [0.3, 0.4) is 0 Å². The van der Waals surface area contributed by atoms with Gasteiger partial charge < -0.3 is 0 Å². The molecule has 0 aliphatic carbocycles. The first kappa shape index (κ1) is 19.6. The van der Waals surface area contributed by atoms with Crippen molar-refractivity contribution in [1.29, 1.82) is 0 Å². The molecule has 6 nitrogen and oxygen atoms in total. The molecule has 0 heterocycles. The Kier molecular flexibility index (Phi) is 7.18. The zero-order valence-electron chi connectivity index (χ0n) is 14.1. The highest BCUT2D eigenvalue weighted by atomic mass is 79.9. The van der Waals surface area contributed by atoms with Gasteiger partial charge in [0.1, 0.15) is 6.04 Å². The third kappa shape index (κ3) is 6.29. The van der Waals surface area contributed by atoms with Crippen LogP contribution in [-0.2, 0) is 25.7 Å². The lowest BCUT2D eigenvalue weighted by molar-refractivity contribution is -0.239. The number of hydrogen-bond acceptors (Lipinski definition) is 4. The second-order valence-electron chi connectivity index (χ2n) is 6.03. The van der Waals surface area contributed by atoms with E-state index in [0.29, 0.717) is 12.8 Å². The maximum absolute atomic E-state index is 12.5. The number of rotatable bonds is 7. The first-order valence-electron chi connectivity index (χ1n) is 7.17. The number of likely N-dealkylation sites (N-methyl/N-ethyl adjacent to an activating group) is 1. The fourth-order valence-electron chi connectivity index (χ4n) is 1.90. The molecule has 2 amide bonds. The van der Waals surface area contributed by atoms with Crippen molar-refractivity contribution in [1.82, 2.24) is 10.1 Å². The van der Waals surface area contributed by atoms with Crippen LogP contribution in [0.5, 0.6) is 0 Å². The Morgan fingerprint density at radius 2 is 1.87 bits per heavy atom. The van der Waals surface area contributed by atoms with Gasteiger partial charge in [0.15, 0.2) is 0 Å². The number of halogens is 1. The van der Waals surface area contributed by atoms with E-state index in [-0.39, 0.29) is 5.91 Å². The molecule has 128 valence electrons. The number of nitrogens with zero attached hydrogens (tertiary/aromatic N) is 2. The van der Waals surface area contributed by atoms with Crippen LogP contribution in [-0.4, -0.2) is 48.2 Å². The highest BCUT2D eigenvalue weighted by Crippen LogP contribution is 2.18. The van der Waals surface area contributed by atoms with Crippen molar-refractivity contribution in [3.05, 3.63) is 34.3 Å². The second kappa shape index (κ2) is 8.42. The molecule has 0 spiro atoms. The Morgan fingerprint density at radius 3 is 2.30 bits per heavy atom. The number of hydrogen-bond donors (Lipinski definition) is 0. The predicted molar refractivity (Wildman–Crippen MR) is 90.2 cm³/mol. The summed E-state index contributed by atoms with van der Waals surface area (Å²) in [5.41, 5.74) is 0.297. The van der Waals surface area contributed by atoms with E-state index in [9.17, 15) is 9.59 Å². The van der Waals surface area contributed by atoms with E-state index in [0.717, 1.165) is 20.2 Å². The lowest BCUT2D eigenvalue weighted by Crippen LogP contribution is -2.50. The Hall–Kier alpha value is -1.44. The molecule has 1 aromatic carbocycles. The highest BCUT2D eigenvalue weighted by Gasteiger charge is 2.32. The first-order valence-corrected chi connectivity index (χ1v) is 7.96. The normalized spacial score (nSPS) is 12.6. The van der Waals surface area contributed by atoms with Gasteiger partial charge in [0.2, 0.25) is 6.41 Å². The minimum atomic E-state index is -0.821. The summed E-state index contributed by atoms with van der Waals surface area (Å²) < 4.78 is 0.941. The van der Waals surface area contributed by atoms with E-state index in [1.165, 1.54) is 14.2 Å². The molecule has 0 aliphatic rings. The molecule has 1 rings (SSSR count). The number of amides is 2. The largest absolute Gasteiger partial charge is 0.276 e. The van der Waals surface area contributed by atoms with E-state index >= 15 is 0 Å². The molecule has 0 radical (unpaired) electrons. The third-order valence-corrected chi connectivity index (χ3v) is 3.53. The van der Waals surface area contributed by atoms with Crippen molar-refractivity contribution < 1.29 is 19.3 Å². The van der Waals surface area contributed by atoms with Crippen LogP contribution in [0.2, 0.25) is 0 Å². The monoisotopic (exact) mass is 386 g/mol. The maximum atomic E-state index is 12.5. The Bertz CT molecular complexity index is 528. The molecule has 1 unspecified atom stereocenters. The molecule has 0 aromatic heterocycles. The minimum Gasteiger partial charge on any atom is -0.276 e. The molecule has 0 N–H and O–H groups in total. The van der Waals surface area contributed by atoms with Crippen molar-refractivity contribution in [2.45, 2.75) is 38.8 Å². The van der Waals surface area contributed by atoms with Gasteiger partial charge in [-0.15, -0.1) is 0 Å². The third-order valence-electron chi connectivity index (χ3n) is 3.00. The fourth-order valence-corrected chi connectivity index (χ4v) is 2.17. The summed E-state index contributed by atoms with van der Waals surface area (Å²) in [5.74, 6) is -0.369. The topological polar surface area (TPSA) is 59.1 Å².